The normalized spacial score (nSPS) is 28.7. The lowest BCUT2D eigenvalue weighted by Crippen LogP contribution is -2.67. The highest BCUT2D eigenvalue weighted by atomic mass is 16.2. The van der Waals surface area contributed by atoms with Crippen LogP contribution in [0.4, 0.5) is 0 Å². The molecular formula is C23H31N3O3. The molecule has 3 saturated heterocycles. The summed E-state index contributed by atoms with van der Waals surface area (Å²) in [5.41, 5.74) is 2.23. The number of fused-ring (bicyclic) bond motifs is 4. The first kappa shape index (κ1) is 19.9. The van der Waals surface area contributed by atoms with Crippen LogP contribution < -0.4 is 5.32 Å². The molecule has 0 radical (unpaired) electrons. The van der Waals surface area contributed by atoms with E-state index >= 15 is 0 Å². The van der Waals surface area contributed by atoms with E-state index in [0.717, 1.165) is 36.9 Å². The van der Waals surface area contributed by atoms with Crippen molar-refractivity contribution in [1.82, 2.24) is 15.1 Å². The van der Waals surface area contributed by atoms with Crippen molar-refractivity contribution in [2.24, 2.45) is 11.8 Å². The number of likely N-dealkylation sites (tertiary alicyclic amines) is 1. The van der Waals surface area contributed by atoms with Crippen molar-refractivity contribution in [3.8, 4) is 0 Å². The fourth-order valence-electron chi connectivity index (χ4n) is 5.57. The molecule has 1 aromatic rings. The Hall–Kier alpha value is -2.37. The van der Waals surface area contributed by atoms with Gasteiger partial charge < -0.3 is 15.1 Å². The van der Waals surface area contributed by atoms with Gasteiger partial charge in [-0.25, -0.2) is 0 Å². The third-order valence-electron chi connectivity index (χ3n) is 7.01. The van der Waals surface area contributed by atoms with E-state index in [0.29, 0.717) is 31.8 Å². The number of nitrogens with zero attached hydrogens (tertiary/aromatic N) is 2. The van der Waals surface area contributed by atoms with E-state index in [9.17, 15) is 14.4 Å². The van der Waals surface area contributed by atoms with E-state index in [1.807, 2.05) is 36.1 Å². The van der Waals surface area contributed by atoms with Crippen molar-refractivity contribution in [3.05, 3.63) is 35.4 Å². The lowest BCUT2D eigenvalue weighted by molar-refractivity contribution is -0.156. The smallest absolute Gasteiger partial charge is 0.227 e. The molecule has 0 spiro atoms. The SMILES string of the molecule is CC(=O)NC[C@H]1[C@H]2C[C@H](CN(C(=O)Cc3ccccc3C)C2)[C@@H]2CCCC(=O)N21. The van der Waals surface area contributed by atoms with E-state index in [4.69, 9.17) is 0 Å². The first-order valence-electron chi connectivity index (χ1n) is 10.8. The summed E-state index contributed by atoms with van der Waals surface area (Å²) >= 11 is 0. The van der Waals surface area contributed by atoms with Crippen LogP contribution in [-0.2, 0) is 20.8 Å². The molecule has 0 aliphatic carbocycles. The Kier molecular flexibility index (Phi) is 5.61. The van der Waals surface area contributed by atoms with Crippen LogP contribution in [0.2, 0.25) is 0 Å². The highest BCUT2D eigenvalue weighted by molar-refractivity contribution is 5.80. The lowest BCUT2D eigenvalue weighted by Gasteiger charge is -2.56. The Morgan fingerprint density at radius 3 is 2.69 bits per heavy atom. The molecule has 3 heterocycles. The van der Waals surface area contributed by atoms with Crippen molar-refractivity contribution in [3.63, 3.8) is 0 Å². The molecule has 4 atom stereocenters. The number of carbonyl (C=O) groups excluding carboxylic acids is 3. The molecule has 3 amide bonds. The average Bonchev–Trinajstić information content (AvgIpc) is 2.69. The lowest BCUT2D eigenvalue weighted by atomic mass is 9.72. The molecule has 3 aliphatic heterocycles. The predicted molar refractivity (Wildman–Crippen MR) is 110 cm³/mol. The number of benzene rings is 1. The number of hydrogen-bond donors (Lipinski definition) is 1. The largest absolute Gasteiger partial charge is 0.354 e. The number of rotatable bonds is 4. The second-order valence-electron chi connectivity index (χ2n) is 8.92. The average molecular weight is 398 g/mol. The quantitative estimate of drug-likeness (QED) is 0.844. The molecule has 3 fully saturated rings. The first-order chi connectivity index (χ1) is 13.9. The van der Waals surface area contributed by atoms with E-state index in [2.05, 4.69) is 10.2 Å². The Balaban J connectivity index is 1.53. The van der Waals surface area contributed by atoms with Crippen molar-refractivity contribution in [1.29, 1.82) is 0 Å². The van der Waals surface area contributed by atoms with Crippen LogP contribution in [-0.4, -0.2) is 59.2 Å². The summed E-state index contributed by atoms with van der Waals surface area (Å²) in [5.74, 6) is 0.873. The summed E-state index contributed by atoms with van der Waals surface area (Å²) in [6.07, 6.45) is 3.98. The van der Waals surface area contributed by atoms with Crippen LogP contribution in [0, 0.1) is 18.8 Å². The van der Waals surface area contributed by atoms with Gasteiger partial charge in [-0.1, -0.05) is 24.3 Å². The summed E-state index contributed by atoms with van der Waals surface area (Å²) in [7, 11) is 0. The Morgan fingerprint density at radius 2 is 1.93 bits per heavy atom. The van der Waals surface area contributed by atoms with Gasteiger partial charge in [0.2, 0.25) is 17.7 Å². The fourth-order valence-corrected chi connectivity index (χ4v) is 5.57. The highest BCUT2D eigenvalue weighted by Crippen LogP contribution is 2.41. The molecule has 0 unspecified atom stereocenters. The van der Waals surface area contributed by atoms with Crippen molar-refractivity contribution >= 4 is 17.7 Å². The maximum Gasteiger partial charge on any atom is 0.227 e. The summed E-state index contributed by atoms with van der Waals surface area (Å²) in [6, 6.07) is 8.23. The van der Waals surface area contributed by atoms with Gasteiger partial charge in [-0.3, -0.25) is 14.4 Å². The molecule has 2 bridgehead atoms. The number of hydrogen-bond acceptors (Lipinski definition) is 3. The minimum Gasteiger partial charge on any atom is -0.354 e. The maximum atomic E-state index is 13.1. The van der Waals surface area contributed by atoms with Crippen LogP contribution in [0.25, 0.3) is 0 Å². The second kappa shape index (κ2) is 8.17. The second-order valence-corrected chi connectivity index (χ2v) is 8.92. The van der Waals surface area contributed by atoms with Gasteiger partial charge in [0.15, 0.2) is 0 Å². The van der Waals surface area contributed by atoms with Gasteiger partial charge in [-0.2, -0.15) is 0 Å². The van der Waals surface area contributed by atoms with E-state index < -0.39 is 0 Å². The van der Waals surface area contributed by atoms with E-state index in [-0.39, 0.29) is 35.7 Å². The van der Waals surface area contributed by atoms with Gasteiger partial charge in [-0.15, -0.1) is 0 Å². The molecule has 3 aliphatic rings. The van der Waals surface area contributed by atoms with Crippen LogP contribution in [0.15, 0.2) is 24.3 Å². The van der Waals surface area contributed by atoms with Gasteiger partial charge in [-0.05, 0) is 49.1 Å². The minimum absolute atomic E-state index is 0.0120. The van der Waals surface area contributed by atoms with Crippen LogP contribution in [0.3, 0.4) is 0 Å². The molecule has 156 valence electrons. The highest BCUT2D eigenvalue weighted by Gasteiger charge is 2.49. The zero-order chi connectivity index (χ0) is 20.5. The molecule has 1 aromatic carbocycles. The zero-order valence-electron chi connectivity index (χ0n) is 17.4. The summed E-state index contributed by atoms with van der Waals surface area (Å²) in [4.78, 5) is 41.5. The van der Waals surface area contributed by atoms with Gasteiger partial charge in [0.05, 0.1) is 12.5 Å². The van der Waals surface area contributed by atoms with Gasteiger partial charge in [0.25, 0.3) is 0 Å². The van der Waals surface area contributed by atoms with Gasteiger partial charge in [0.1, 0.15) is 0 Å². The first-order valence-corrected chi connectivity index (χ1v) is 10.8. The Morgan fingerprint density at radius 1 is 1.17 bits per heavy atom. The van der Waals surface area contributed by atoms with E-state index in [1.54, 1.807) is 0 Å². The van der Waals surface area contributed by atoms with Crippen molar-refractivity contribution in [2.75, 3.05) is 19.6 Å². The number of piperidine rings is 3. The van der Waals surface area contributed by atoms with Crippen molar-refractivity contribution in [2.45, 2.75) is 58.0 Å². The molecule has 4 rings (SSSR count). The minimum atomic E-state index is -0.0728. The molecule has 0 aromatic heterocycles. The maximum absolute atomic E-state index is 13.1. The summed E-state index contributed by atoms with van der Waals surface area (Å²) in [6.45, 7) is 5.45. The Labute approximate surface area is 172 Å². The third kappa shape index (κ3) is 4.02. The van der Waals surface area contributed by atoms with Gasteiger partial charge >= 0.3 is 0 Å². The topological polar surface area (TPSA) is 69.7 Å². The predicted octanol–water partition coefficient (Wildman–Crippen LogP) is 1.90. The van der Waals surface area contributed by atoms with Crippen LogP contribution in [0.1, 0.15) is 43.7 Å². The molecule has 29 heavy (non-hydrogen) atoms. The molecule has 6 nitrogen and oxygen atoms in total. The number of carbonyl (C=O) groups is 3. The number of nitrogens with one attached hydrogen (secondary N) is 1. The third-order valence-corrected chi connectivity index (χ3v) is 7.01. The summed E-state index contributed by atoms with van der Waals surface area (Å²) < 4.78 is 0. The number of amides is 3. The molecule has 0 saturated carbocycles. The fraction of sp³-hybridized carbons (Fsp3) is 0.609. The molecule has 6 heteroatoms. The van der Waals surface area contributed by atoms with Crippen LogP contribution >= 0.6 is 0 Å². The van der Waals surface area contributed by atoms with Gasteiger partial charge in [0, 0.05) is 39.0 Å². The summed E-state index contributed by atoms with van der Waals surface area (Å²) in [5, 5.41) is 2.93. The van der Waals surface area contributed by atoms with E-state index in [1.165, 1.54) is 6.92 Å². The Bertz CT molecular complexity index is 808. The zero-order valence-corrected chi connectivity index (χ0v) is 17.4. The molecular weight excluding hydrogens is 366 g/mol. The standard InChI is InChI=1S/C23H31N3O3/c1-15-6-3-4-7-17(15)11-23(29)25-13-18-10-19(14-25)21(12-24-16(2)27)26-20(18)8-5-9-22(26)28/h3-4,6-7,18-21H,5,8-14H2,1-2H3,(H,24,27)/t18-,19+,20+,21+/m1/s1. The van der Waals surface area contributed by atoms with Crippen LogP contribution in [0.5, 0.6) is 0 Å². The molecule has 1 N–H and O–H groups in total. The monoisotopic (exact) mass is 397 g/mol. The van der Waals surface area contributed by atoms with Crippen molar-refractivity contribution < 1.29 is 14.4 Å². The number of aryl methyl sites for hydroxylation is 1.